The standard InChI is InChI=1S/C21H16NOS/c1-14(23)15-7-9-17(10-8-15)19-11-18(13-22)21(24-2)12-20(19)16-5-3-4-6-16/h3-12H,1-2H3. The molecule has 117 valence electrons. The number of carbonyl (C=O) groups excluding carboxylic acids is 1. The maximum atomic E-state index is 11.5. The molecule has 0 heterocycles. The van der Waals surface area contributed by atoms with E-state index >= 15 is 0 Å². The highest BCUT2D eigenvalue weighted by molar-refractivity contribution is 7.98. The molecule has 2 aromatic rings. The maximum absolute atomic E-state index is 11.5. The number of nitriles is 1. The predicted molar refractivity (Wildman–Crippen MR) is 97.9 cm³/mol. The van der Waals surface area contributed by atoms with Crippen molar-refractivity contribution in [1.29, 1.82) is 5.26 Å². The third kappa shape index (κ3) is 3.25. The van der Waals surface area contributed by atoms with Crippen LogP contribution in [0.5, 0.6) is 0 Å². The molecular formula is C21H16NOS. The molecule has 0 aliphatic heterocycles. The number of rotatable bonds is 4. The van der Waals surface area contributed by atoms with E-state index in [0.717, 1.165) is 27.5 Å². The first kappa shape index (κ1) is 16.8. The number of ketones is 1. The molecule has 24 heavy (non-hydrogen) atoms. The van der Waals surface area contributed by atoms with Gasteiger partial charge in [0.1, 0.15) is 6.07 Å². The van der Waals surface area contributed by atoms with Crippen LogP contribution in [0.1, 0.15) is 28.4 Å². The molecule has 1 aliphatic carbocycles. The zero-order chi connectivity index (χ0) is 17.1. The van der Waals surface area contributed by atoms with Crippen LogP contribution < -0.4 is 0 Å². The Labute approximate surface area is 147 Å². The fraction of sp³-hybridized carbons (Fsp3) is 0.0952. The van der Waals surface area contributed by atoms with Crippen LogP contribution in [0.4, 0.5) is 0 Å². The fourth-order valence-electron chi connectivity index (χ4n) is 2.75. The molecule has 0 unspecified atom stereocenters. The van der Waals surface area contributed by atoms with Crippen molar-refractivity contribution in [1.82, 2.24) is 0 Å². The second-order valence-electron chi connectivity index (χ2n) is 5.52. The maximum Gasteiger partial charge on any atom is 0.159 e. The highest BCUT2D eigenvalue weighted by Crippen LogP contribution is 2.39. The molecule has 1 saturated carbocycles. The molecular weight excluding hydrogens is 314 g/mol. The van der Waals surface area contributed by atoms with Crippen molar-refractivity contribution in [2.75, 3.05) is 6.26 Å². The van der Waals surface area contributed by atoms with Crippen LogP contribution in [-0.2, 0) is 0 Å². The molecule has 2 nitrogen and oxygen atoms in total. The number of hydrogen-bond acceptors (Lipinski definition) is 3. The van der Waals surface area contributed by atoms with Crippen molar-refractivity contribution >= 4 is 17.5 Å². The number of nitrogens with zero attached hydrogens (tertiary/aromatic N) is 1. The molecule has 3 rings (SSSR count). The summed E-state index contributed by atoms with van der Waals surface area (Å²) in [5, 5.41) is 9.45. The second-order valence-corrected chi connectivity index (χ2v) is 6.37. The Bertz CT molecular complexity index is 796. The molecule has 0 bridgehead atoms. The molecule has 0 atom stereocenters. The van der Waals surface area contributed by atoms with E-state index in [1.54, 1.807) is 18.7 Å². The van der Waals surface area contributed by atoms with Gasteiger partial charge in [0.15, 0.2) is 5.78 Å². The summed E-state index contributed by atoms with van der Waals surface area (Å²) in [6, 6.07) is 13.9. The summed E-state index contributed by atoms with van der Waals surface area (Å²) < 4.78 is 0. The molecule has 1 aliphatic rings. The minimum absolute atomic E-state index is 0.0493. The van der Waals surface area contributed by atoms with E-state index in [-0.39, 0.29) is 5.78 Å². The number of thioether (sulfide) groups is 1. The highest BCUT2D eigenvalue weighted by atomic mass is 32.2. The molecule has 0 saturated heterocycles. The number of benzene rings is 2. The number of hydrogen-bond donors (Lipinski definition) is 0. The zero-order valence-electron chi connectivity index (χ0n) is 13.5. The van der Waals surface area contributed by atoms with Gasteiger partial charge < -0.3 is 0 Å². The van der Waals surface area contributed by atoms with Crippen LogP contribution in [0.15, 0.2) is 41.3 Å². The van der Waals surface area contributed by atoms with Crippen molar-refractivity contribution in [3.63, 3.8) is 0 Å². The van der Waals surface area contributed by atoms with Gasteiger partial charge in [-0.25, -0.2) is 0 Å². The molecule has 5 radical (unpaired) electrons. The average Bonchev–Trinajstić information content (AvgIpc) is 3.15. The van der Waals surface area contributed by atoms with Gasteiger partial charge in [0, 0.05) is 16.4 Å². The largest absolute Gasteiger partial charge is 0.295 e. The molecule has 0 amide bonds. The van der Waals surface area contributed by atoms with Gasteiger partial charge in [-0.3, -0.25) is 4.79 Å². The Morgan fingerprint density at radius 3 is 2.25 bits per heavy atom. The smallest absolute Gasteiger partial charge is 0.159 e. The van der Waals surface area contributed by atoms with E-state index in [9.17, 15) is 10.1 Å². The Morgan fingerprint density at radius 2 is 1.71 bits per heavy atom. The van der Waals surface area contributed by atoms with E-state index < -0.39 is 0 Å². The molecule has 0 spiro atoms. The topological polar surface area (TPSA) is 40.9 Å². The highest BCUT2D eigenvalue weighted by Gasteiger charge is 2.23. The first-order valence-electron chi connectivity index (χ1n) is 7.59. The van der Waals surface area contributed by atoms with Crippen LogP contribution in [0.2, 0.25) is 0 Å². The lowest BCUT2D eigenvalue weighted by Crippen LogP contribution is -2.01. The molecule has 3 heteroatoms. The van der Waals surface area contributed by atoms with Crippen LogP contribution in [0, 0.1) is 42.9 Å². The Hall–Kier alpha value is -2.05. The first-order valence-corrected chi connectivity index (χ1v) is 8.82. The summed E-state index contributed by atoms with van der Waals surface area (Å²) >= 11 is 1.57. The Kier molecular flexibility index (Phi) is 5.06. The predicted octanol–water partition coefficient (Wildman–Crippen LogP) is 4.90. The van der Waals surface area contributed by atoms with Crippen LogP contribution in [-0.4, -0.2) is 12.0 Å². The van der Waals surface area contributed by atoms with Gasteiger partial charge >= 0.3 is 0 Å². The van der Waals surface area contributed by atoms with Crippen LogP contribution >= 0.6 is 11.8 Å². The average molecular weight is 330 g/mol. The summed E-state index contributed by atoms with van der Waals surface area (Å²) in [6.45, 7) is 1.56. The fourth-order valence-corrected chi connectivity index (χ4v) is 3.31. The normalized spacial score (nSPS) is 14.5. The van der Waals surface area contributed by atoms with E-state index in [0.29, 0.717) is 11.1 Å². The first-order chi connectivity index (χ1) is 11.6. The van der Waals surface area contributed by atoms with Crippen molar-refractivity contribution in [3.05, 3.63) is 84.7 Å². The number of carbonyl (C=O) groups is 1. The van der Waals surface area contributed by atoms with Gasteiger partial charge in [-0.1, -0.05) is 24.3 Å². The van der Waals surface area contributed by atoms with E-state index in [4.69, 9.17) is 0 Å². The van der Waals surface area contributed by atoms with Crippen molar-refractivity contribution in [3.8, 4) is 17.2 Å². The van der Waals surface area contributed by atoms with Gasteiger partial charge in [0.05, 0.1) is 5.56 Å². The van der Waals surface area contributed by atoms with Crippen molar-refractivity contribution in [2.45, 2.75) is 11.8 Å². The third-order valence-corrected chi connectivity index (χ3v) is 4.81. The minimum Gasteiger partial charge on any atom is -0.295 e. The zero-order valence-corrected chi connectivity index (χ0v) is 14.4. The van der Waals surface area contributed by atoms with Gasteiger partial charge in [0.25, 0.3) is 0 Å². The van der Waals surface area contributed by atoms with E-state index in [1.165, 1.54) is 0 Å². The monoisotopic (exact) mass is 330 g/mol. The lowest BCUT2D eigenvalue weighted by Gasteiger charge is -2.17. The lowest BCUT2D eigenvalue weighted by atomic mass is 9.88. The number of Topliss-reactive ketones (excluding diaryl/α,β-unsaturated/α-hetero) is 1. The van der Waals surface area contributed by atoms with Crippen molar-refractivity contribution < 1.29 is 4.79 Å². The quantitative estimate of drug-likeness (QED) is 0.591. The summed E-state index contributed by atoms with van der Waals surface area (Å²) in [7, 11) is 0. The van der Waals surface area contributed by atoms with E-state index in [1.807, 2.05) is 49.4 Å². The molecule has 2 aromatic carbocycles. The molecule has 1 fully saturated rings. The molecule has 0 N–H and O–H groups in total. The van der Waals surface area contributed by atoms with Gasteiger partial charge in [-0.15, -0.1) is 11.8 Å². The van der Waals surface area contributed by atoms with Gasteiger partial charge in [0.2, 0.25) is 0 Å². The SMILES string of the molecule is CSc1cc([C]2[CH][CH][CH][CH]2)c(-c2ccc(C(C)=O)cc2)cc1C#N. The summed E-state index contributed by atoms with van der Waals surface area (Å²) in [6.07, 6.45) is 10.1. The minimum atomic E-state index is 0.0493. The molecule has 0 aromatic heterocycles. The second kappa shape index (κ2) is 7.23. The third-order valence-electron chi connectivity index (χ3n) is 4.04. The van der Waals surface area contributed by atoms with Gasteiger partial charge in [-0.05, 0) is 67.7 Å². The summed E-state index contributed by atoms with van der Waals surface area (Å²) in [4.78, 5) is 12.5. The van der Waals surface area contributed by atoms with E-state index in [2.05, 4.69) is 25.0 Å². The van der Waals surface area contributed by atoms with Gasteiger partial charge in [-0.2, -0.15) is 5.26 Å². The van der Waals surface area contributed by atoms with Crippen molar-refractivity contribution in [2.24, 2.45) is 0 Å². The Balaban J connectivity index is 2.13. The summed E-state index contributed by atoms with van der Waals surface area (Å²) in [5.41, 5.74) is 4.46. The van der Waals surface area contributed by atoms with Crippen LogP contribution in [0.3, 0.4) is 0 Å². The summed E-state index contributed by atoms with van der Waals surface area (Å²) in [5.74, 6) is 1.17. The Morgan fingerprint density at radius 1 is 1.04 bits per heavy atom. The lowest BCUT2D eigenvalue weighted by molar-refractivity contribution is 0.101. The van der Waals surface area contributed by atoms with Crippen LogP contribution in [0.25, 0.3) is 11.1 Å².